The second-order valence-electron chi connectivity index (χ2n) is 8.39. The maximum Gasteiger partial charge on any atom is 0.235 e. The number of aliphatic hydroxyl groups excluding tert-OH is 1. The molecule has 0 radical (unpaired) electrons. The molecule has 31 heavy (non-hydrogen) atoms. The Bertz CT molecular complexity index is 1100. The number of nitrogens with two attached hydrogens (primary N) is 2. The first-order valence-electron chi connectivity index (χ1n) is 9.51. The van der Waals surface area contributed by atoms with Gasteiger partial charge in [0.25, 0.3) is 0 Å². The minimum atomic E-state index is -2.95. The molecule has 1 aromatic carbocycles. The molecule has 11 heteroatoms. The van der Waals surface area contributed by atoms with Gasteiger partial charge in [0, 0.05) is 18.3 Å². The fourth-order valence-electron chi connectivity index (χ4n) is 5.40. The number of hydrogen-bond donors (Lipinski definition) is 5. The van der Waals surface area contributed by atoms with Gasteiger partial charge in [0.1, 0.15) is 0 Å². The molecule has 3 aliphatic carbocycles. The SMILES string of the molecule is C[C@H]1c2cc(Cl)c(N)c(O)c2C(=O)C2C(=O)[C@]3(O)C(=O)C(C(N)=O)C(=O)C[C@@H]3[C@@H](O)[C@@H]21. The number of phenolic OH excluding ortho intramolecular Hbond substituents is 1. The zero-order valence-corrected chi connectivity index (χ0v) is 16.9. The molecule has 2 unspecified atom stereocenters. The van der Waals surface area contributed by atoms with E-state index in [0.717, 1.165) is 0 Å². The number of carbonyl (C=O) groups excluding carboxylic acids is 5. The van der Waals surface area contributed by atoms with Crippen LogP contribution in [0.15, 0.2) is 6.07 Å². The van der Waals surface area contributed by atoms with Gasteiger partial charge in [0.15, 0.2) is 40.4 Å². The second-order valence-corrected chi connectivity index (χ2v) is 8.80. The number of nitrogen functional groups attached to an aromatic ring is 1. The van der Waals surface area contributed by atoms with Crippen LogP contribution in [-0.2, 0) is 19.2 Å². The summed E-state index contributed by atoms with van der Waals surface area (Å²) >= 11 is 6.02. The molecule has 7 atom stereocenters. The van der Waals surface area contributed by atoms with Crippen molar-refractivity contribution in [3.63, 3.8) is 0 Å². The highest BCUT2D eigenvalue weighted by atomic mass is 35.5. The number of rotatable bonds is 1. The minimum absolute atomic E-state index is 0.0326. The normalized spacial score (nSPS) is 37.2. The molecule has 0 aromatic heterocycles. The number of anilines is 1. The molecule has 1 amide bonds. The zero-order chi connectivity index (χ0) is 23.2. The van der Waals surface area contributed by atoms with E-state index in [1.54, 1.807) is 6.92 Å². The van der Waals surface area contributed by atoms with E-state index < -0.39 is 82.5 Å². The lowest BCUT2D eigenvalue weighted by Crippen LogP contribution is -2.72. The van der Waals surface area contributed by atoms with E-state index in [9.17, 15) is 39.3 Å². The van der Waals surface area contributed by atoms with Gasteiger partial charge < -0.3 is 26.8 Å². The zero-order valence-electron chi connectivity index (χ0n) is 16.2. The topological polar surface area (TPSA) is 198 Å². The quantitative estimate of drug-likeness (QED) is 0.204. The van der Waals surface area contributed by atoms with Gasteiger partial charge in [-0.15, -0.1) is 0 Å². The maximum absolute atomic E-state index is 13.4. The number of primary amides is 1. The molecular weight excluding hydrogens is 432 g/mol. The fraction of sp³-hybridized carbons (Fsp3) is 0.450. The highest BCUT2D eigenvalue weighted by Crippen LogP contribution is 2.55. The van der Waals surface area contributed by atoms with E-state index in [0.29, 0.717) is 0 Å². The monoisotopic (exact) mass is 450 g/mol. The van der Waals surface area contributed by atoms with Crippen LogP contribution >= 0.6 is 11.6 Å². The molecule has 0 bridgehead atoms. The molecule has 3 aliphatic rings. The molecule has 4 rings (SSSR count). The van der Waals surface area contributed by atoms with Gasteiger partial charge in [0.2, 0.25) is 5.91 Å². The lowest BCUT2D eigenvalue weighted by atomic mass is 9.50. The van der Waals surface area contributed by atoms with Crippen molar-refractivity contribution in [2.24, 2.45) is 29.4 Å². The van der Waals surface area contributed by atoms with E-state index in [-0.39, 0.29) is 21.8 Å². The Morgan fingerprint density at radius 1 is 1.23 bits per heavy atom. The summed E-state index contributed by atoms with van der Waals surface area (Å²) < 4.78 is 0. The lowest BCUT2D eigenvalue weighted by Gasteiger charge is -2.52. The molecule has 0 saturated heterocycles. The number of carbonyl (C=O) groups is 5. The summed E-state index contributed by atoms with van der Waals surface area (Å²) in [6, 6.07) is 1.35. The summed E-state index contributed by atoms with van der Waals surface area (Å²) in [7, 11) is 0. The van der Waals surface area contributed by atoms with Crippen LogP contribution in [0.2, 0.25) is 5.02 Å². The largest absolute Gasteiger partial charge is 0.505 e. The van der Waals surface area contributed by atoms with Crippen molar-refractivity contribution >= 4 is 46.3 Å². The number of phenols is 1. The number of hydrogen-bond acceptors (Lipinski definition) is 9. The van der Waals surface area contributed by atoms with Gasteiger partial charge in [-0.25, -0.2) is 0 Å². The van der Waals surface area contributed by atoms with Crippen molar-refractivity contribution in [2.45, 2.75) is 31.0 Å². The number of fused-ring (bicyclic) bond motifs is 3. The van der Waals surface area contributed by atoms with Gasteiger partial charge >= 0.3 is 0 Å². The molecular formula is C20H19ClN2O8. The molecule has 1 aromatic rings. The molecule has 7 N–H and O–H groups in total. The van der Waals surface area contributed by atoms with Crippen molar-refractivity contribution in [2.75, 3.05) is 5.73 Å². The first kappa shape index (κ1) is 21.4. The number of Topliss-reactive ketones (excluding diaryl/α,β-unsaturated/α-hetero) is 4. The van der Waals surface area contributed by atoms with E-state index in [1.165, 1.54) is 6.07 Å². The number of benzene rings is 1. The van der Waals surface area contributed by atoms with Crippen molar-refractivity contribution in [1.82, 2.24) is 0 Å². The smallest absolute Gasteiger partial charge is 0.235 e. The van der Waals surface area contributed by atoms with E-state index >= 15 is 0 Å². The fourth-order valence-corrected chi connectivity index (χ4v) is 5.61. The first-order valence-corrected chi connectivity index (χ1v) is 9.89. The van der Waals surface area contributed by atoms with Crippen LogP contribution in [0.25, 0.3) is 0 Å². The van der Waals surface area contributed by atoms with Crippen LogP contribution in [-0.4, -0.2) is 56.1 Å². The summed E-state index contributed by atoms with van der Waals surface area (Å²) in [5, 5.41) is 32.5. The Labute approximate surface area is 180 Å². The number of ketones is 4. The molecule has 2 saturated carbocycles. The van der Waals surface area contributed by atoms with Gasteiger partial charge in [0.05, 0.1) is 28.3 Å². The van der Waals surface area contributed by atoms with Gasteiger partial charge in [-0.3, -0.25) is 24.0 Å². The molecule has 0 spiro atoms. The Hall–Kier alpha value is -2.82. The Kier molecular flexibility index (Phi) is 4.55. The number of halogens is 1. The summed E-state index contributed by atoms with van der Waals surface area (Å²) in [6.07, 6.45) is -2.27. The summed E-state index contributed by atoms with van der Waals surface area (Å²) in [4.78, 5) is 63.5. The molecule has 0 aliphatic heterocycles. The average molecular weight is 451 g/mol. The highest BCUT2D eigenvalue weighted by Gasteiger charge is 2.69. The van der Waals surface area contributed by atoms with Gasteiger partial charge in [-0.2, -0.15) is 0 Å². The number of amides is 1. The minimum Gasteiger partial charge on any atom is -0.505 e. The highest BCUT2D eigenvalue weighted by molar-refractivity contribution is 6.35. The molecule has 164 valence electrons. The first-order chi connectivity index (χ1) is 14.3. The van der Waals surface area contributed by atoms with Crippen molar-refractivity contribution in [1.29, 1.82) is 0 Å². The third-order valence-electron chi connectivity index (χ3n) is 6.97. The summed E-state index contributed by atoms with van der Waals surface area (Å²) in [6.45, 7) is 1.58. The standard InChI is InChI=1S/C20H19ClN2O8/c1-4-5-2-7(21)13(22)16(27)10(5)15(26)12-9(4)14(25)6-3-8(24)11(19(23)30)17(28)20(6,31)18(12)29/h2,4,6,9,11-12,14,25,27,31H,3,22H2,1H3,(H2,23,30)/t4-,6+,9+,11?,12?,14+,20+/m0/s1. The molecule has 2 fully saturated rings. The Balaban J connectivity index is 1.92. The van der Waals surface area contributed by atoms with E-state index in [2.05, 4.69) is 0 Å². The number of aromatic hydroxyl groups is 1. The van der Waals surface area contributed by atoms with Crippen molar-refractivity contribution < 1.29 is 39.3 Å². The van der Waals surface area contributed by atoms with Crippen LogP contribution in [0.3, 0.4) is 0 Å². The summed E-state index contributed by atoms with van der Waals surface area (Å²) in [5.74, 6) is -13.7. The van der Waals surface area contributed by atoms with Gasteiger partial charge in [-0.05, 0) is 17.5 Å². The molecule has 10 nitrogen and oxygen atoms in total. The van der Waals surface area contributed by atoms with Crippen LogP contribution in [0.5, 0.6) is 5.75 Å². The van der Waals surface area contributed by atoms with E-state index in [4.69, 9.17) is 23.1 Å². The average Bonchev–Trinajstić information content (AvgIpc) is 2.69. The second kappa shape index (κ2) is 6.59. The maximum atomic E-state index is 13.4. The van der Waals surface area contributed by atoms with Gasteiger partial charge in [-0.1, -0.05) is 18.5 Å². The Morgan fingerprint density at radius 2 is 1.84 bits per heavy atom. The predicted octanol–water partition coefficient (Wildman–Crippen LogP) is -0.906. The van der Waals surface area contributed by atoms with Crippen LogP contribution in [0.4, 0.5) is 5.69 Å². The molecule has 0 heterocycles. The third-order valence-corrected chi connectivity index (χ3v) is 7.28. The van der Waals surface area contributed by atoms with Crippen LogP contribution < -0.4 is 11.5 Å². The van der Waals surface area contributed by atoms with Crippen molar-refractivity contribution in [3.8, 4) is 5.75 Å². The van der Waals surface area contributed by atoms with Crippen molar-refractivity contribution in [3.05, 3.63) is 22.2 Å². The van der Waals surface area contributed by atoms with E-state index in [1.807, 2.05) is 0 Å². The number of aliphatic hydroxyl groups is 2. The Morgan fingerprint density at radius 3 is 2.42 bits per heavy atom. The lowest BCUT2D eigenvalue weighted by molar-refractivity contribution is -0.189. The van der Waals surface area contributed by atoms with Crippen LogP contribution in [0.1, 0.15) is 35.2 Å². The predicted molar refractivity (Wildman–Crippen MR) is 104 cm³/mol. The summed E-state index contributed by atoms with van der Waals surface area (Å²) in [5.41, 5.74) is 7.53. The van der Waals surface area contributed by atoms with Crippen LogP contribution in [0, 0.1) is 23.7 Å². The third kappa shape index (κ3) is 2.49.